The van der Waals surface area contributed by atoms with Gasteiger partial charge in [-0.1, -0.05) is 0 Å². The van der Waals surface area contributed by atoms with Gasteiger partial charge in [0.25, 0.3) is 5.91 Å². The van der Waals surface area contributed by atoms with Crippen molar-refractivity contribution >= 4 is 34.2 Å². The van der Waals surface area contributed by atoms with Crippen molar-refractivity contribution in [3.63, 3.8) is 0 Å². The second kappa shape index (κ2) is 8.77. The van der Waals surface area contributed by atoms with Crippen molar-refractivity contribution in [2.24, 2.45) is 7.05 Å². The third-order valence-corrected chi connectivity index (χ3v) is 6.21. The molecule has 1 N–H and O–H groups in total. The number of thiophene rings is 1. The fraction of sp³-hybridized carbons (Fsp3) is 0.500. The Labute approximate surface area is 173 Å². The molecule has 0 aliphatic heterocycles. The van der Waals surface area contributed by atoms with E-state index in [-0.39, 0.29) is 13.0 Å². The van der Waals surface area contributed by atoms with Crippen molar-refractivity contribution in [2.45, 2.75) is 46.5 Å². The molecular weight excluding hydrogens is 394 g/mol. The average Bonchev–Trinajstić information content (AvgIpc) is 3.30. The highest BCUT2D eigenvalue weighted by atomic mass is 32.1. The fourth-order valence-corrected chi connectivity index (χ4v) is 4.78. The lowest BCUT2D eigenvalue weighted by molar-refractivity contribution is -0.146. The molecule has 0 atom stereocenters. The maximum atomic E-state index is 12.3. The number of anilines is 1. The Morgan fingerprint density at radius 3 is 2.62 bits per heavy atom. The number of esters is 2. The molecule has 156 valence electrons. The van der Waals surface area contributed by atoms with Crippen molar-refractivity contribution < 1.29 is 23.9 Å². The van der Waals surface area contributed by atoms with Crippen LogP contribution in [-0.2, 0) is 45.4 Å². The van der Waals surface area contributed by atoms with E-state index in [9.17, 15) is 14.4 Å². The number of nitrogens with one attached hydrogen (secondary N) is 1. The first-order valence-corrected chi connectivity index (χ1v) is 10.4. The molecule has 2 heterocycles. The third-order valence-electron chi connectivity index (χ3n) is 5.00. The molecule has 0 saturated carbocycles. The van der Waals surface area contributed by atoms with Gasteiger partial charge in [0.2, 0.25) is 0 Å². The van der Waals surface area contributed by atoms with Gasteiger partial charge in [-0.25, -0.2) is 4.79 Å². The number of hydrogen-bond donors (Lipinski definition) is 1. The van der Waals surface area contributed by atoms with Gasteiger partial charge in [0.1, 0.15) is 5.00 Å². The lowest BCUT2D eigenvalue weighted by atomic mass is 10.1. The predicted molar refractivity (Wildman–Crippen MR) is 108 cm³/mol. The van der Waals surface area contributed by atoms with Crippen LogP contribution in [0, 0.1) is 13.8 Å². The van der Waals surface area contributed by atoms with Gasteiger partial charge in [-0.2, -0.15) is 5.10 Å². The number of hydrogen-bond acceptors (Lipinski definition) is 7. The zero-order valence-corrected chi connectivity index (χ0v) is 17.9. The zero-order chi connectivity index (χ0) is 21.1. The smallest absolute Gasteiger partial charge is 0.341 e. The fourth-order valence-electron chi connectivity index (χ4n) is 3.49. The van der Waals surface area contributed by atoms with Crippen LogP contribution in [0.3, 0.4) is 0 Å². The minimum Gasteiger partial charge on any atom is -0.462 e. The Bertz CT molecular complexity index is 960. The van der Waals surface area contributed by atoms with Crippen LogP contribution in [0.15, 0.2) is 0 Å². The largest absolute Gasteiger partial charge is 0.462 e. The minimum atomic E-state index is -0.501. The third kappa shape index (κ3) is 4.50. The standard InChI is InChI=1S/C20H25N3O5S/c1-5-27-20(26)18-13-7-6-8-15(13)29-19(18)21-16(24)10-28-17(25)9-14-11(2)22-23(4)12(14)3/h5-10H2,1-4H3,(H,21,24). The summed E-state index contributed by atoms with van der Waals surface area (Å²) in [5, 5.41) is 7.44. The molecular formula is C20H25N3O5S. The van der Waals surface area contributed by atoms with E-state index < -0.39 is 24.5 Å². The Balaban J connectivity index is 1.61. The predicted octanol–water partition coefficient (Wildman–Crippen LogP) is 2.49. The van der Waals surface area contributed by atoms with Gasteiger partial charge in [-0.3, -0.25) is 14.3 Å². The number of carbonyl (C=O) groups is 3. The summed E-state index contributed by atoms with van der Waals surface area (Å²) < 4.78 is 12.0. The summed E-state index contributed by atoms with van der Waals surface area (Å²) in [7, 11) is 1.81. The maximum Gasteiger partial charge on any atom is 0.341 e. The molecule has 0 bridgehead atoms. The Kier molecular flexibility index (Phi) is 6.36. The van der Waals surface area contributed by atoms with Gasteiger partial charge in [0, 0.05) is 23.2 Å². The van der Waals surface area contributed by atoms with Crippen LogP contribution in [0.4, 0.5) is 5.00 Å². The van der Waals surface area contributed by atoms with Gasteiger partial charge in [0.05, 0.1) is 24.3 Å². The molecule has 1 aliphatic rings. The first-order chi connectivity index (χ1) is 13.8. The molecule has 0 spiro atoms. The van der Waals surface area contributed by atoms with Crippen molar-refractivity contribution in [2.75, 3.05) is 18.5 Å². The quantitative estimate of drug-likeness (QED) is 0.692. The van der Waals surface area contributed by atoms with Gasteiger partial charge in [0.15, 0.2) is 6.61 Å². The number of aromatic nitrogens is 2. The average molecular weight is 420 g/mol. The summed E-state index contributed by atoms with van der Waals surface area (Å²) in [4.78, 5) is 37.9. The van der Waals surface area contributed by atoms with Crippen molar-refractivity contribution in [3.8, 4) is 0 Å². The van der Waals surface area contributed by atoms with Crippen LogP contribution in [0.1, 0.15) is 51.1 Å². The van der Waals surface area contributed by atoms with E-state index in [1.165, 1.54) is 11.3 Å². The van der Waals surface area contributed by atoms with E-state index in [1.54, 1.807) is 11.6 Å². The van der Waals surface area contributed by atoms with Crippen molar-refractivity contribution in [3.05, 3.63) is 33.0 Å². The van der Waals surface area contributed by atoms with E-state index >= 15 is 0 Å². The number of carbonyl (C=O) groups excluding carboxylic acids is 3. The van der Waals surface area contributed by atoms with Crippen LogP contribution in [0.2, 0.25) is 0 Å². The number of rotatable bonds is 7. The first kappa shape index (κ1) is 21.0. The molecule has 2 aromatic heterocycles. The van der Waals surface area contributed by atoms with E-state index in [0.717, 1.165) is 46.7 Å². The molecule has 9 heteroatoms. The summed E-state index contributed by atoms with van der Waals surface area (Å²) in [5.41, 5.74) is 3.85. The first-order valence-electron chi connectivity index (χ1n) is 9.58. The van der Waals surface area contributed by atoms with Gasteiger partial charge in [-0.15, -0.1) is 11.3 Å². The molecule has 0 unspecified atom stereocenters. The molecule has 29 heavy (non-hydrogen) atoms. The zero-order valence-electron chi connectivity index (χ0n) is 17.1. The van der Waals surface area contributed by atoms with Crippen molar-refractivity contribution in [1.29, 1.82) is 0 Å². The van der Waals surface area contributed by atoms with E-state index in [1.807, 2.05) is 20.9 Å². The minimum absolute atomic E-state index is 0.0557. The summed E-state index contributed by atoms with van der Waals surface area (Å²) >= 11 is 1.39. The number of nitrogens with zero attached hydrogens (tertiary/aromatic N) is 2. The summed E-state index contributed by atoms with van der Waals surface area (Å²) in [5.74, 6) is -1.41. The normalized spacial score (nSPS) is 12.6. The SMILES string of the molecule is CCOC(=O)c1c(NC(=O)COC(=O)Cc2c(C)nn(C)c2C)sc2c1CCC2. The summed E-state index contributed by atoms with van der Waals surface area (Å²) in [6.45, 7) is 5.30. The Hall–Kier alpha value is -2.68. The molecule has 0 saturated heterocycles. The molecule has 0 radical (unpaired) electrons. The van der Waals surface area contributed by atoms with Crippen molar-refractivity contribution in [1.82, 2.24) is 9.78 Å². The maximum absolute atomic E-state index is 12.3. The van der Waals surface area contributed by atoms with Crippen LogP contribution >= 0.6 is 11.3 Å². The number of ether oxygens (including phenoxy) is 2. The van der Waals surface area contributed by atoms with E-state index in [0.29, 0.717) is 10.6 Å². The number of amides is 1. The molecule has 1 amide bonds. The second-order valence-corrected chi connectivity index (χ2v) is 8.05. The van der Waals surface area contributed by atoms with Gasteiger partial charge >= 0.3 is 11.9 Å². The van der Waals surface area contributed by atoms with Crippen LogP contribution < -0.4 is 5.32 Å². The van der Waals surface area contributed by atoms with Gasteiger partial charge in [-0.05, 0) is 45.6 Å². The second-order valence-electron chi connectivity index (χ2n) is 6.94. The monoisotopic (exact) mass is 419 g/mol. The van der Waals surface area contributed by atoms with E-state index in [4.69, 9.17) is 9.47 Å². The molecule has 0 fully saturated rings. The molecule has 2 aromatic rings. The Morgan fingerprint density at radius 2 is 1.97 bits per heavy atom. The van der Waals surface area contributed by atoms with Crippen LogP contribution in [0.5, 0.6) is 0 Å². The lowest BCUT2D eigenvalue weighted by Crippen LogP contribution is -2.22. The lowest BCUT2D eigenvalue weighted by Gasteiger charge is -2.09. The van der Waals surface area contributed by atoms with Gasteiger partial charge < -0.3 is 14.8 Å². The summed E-state index contributed by atoms with van der Waals surface area (Å²) in [6.07, 6.45) is 2.74. The number of aryl methyl sites for hydroxylation is 3. The molecule has 3 rings (SSSR count). The van der Waals surface area contributed by atoms with E-state index in [2.05, 4.69) is 10.4 Å². The highest BCUT2D eigenvalue weighted by Crippen LogP contribution is 2.39. The highest BCUT2D eigenvalue weighted by molar-refractivity contribution is 7.17. The van der Waals surface area contributed by atoms with Crippen LogP contribution in [0.25, 0.3) is 0 Å². The van der Waals surface area contributed by atoms with Crippen LogP contribution in [-0.4, -0.2) is 40.8 Å². The molecule has 1 aliphatic carbocycles. The molecule has 0 aromatic carbocycles. The number of fused-ring (bicyclic) bond motifs is 1. The topological polar surface area (TPSA) is 99.5 Å². The Morgan fingerprint density at radius 1 is 1.21 bits per heavy atom. The highest BCUT2D eigenvalue weighted by Gasteiger charge is 2.28. The molecule has 8 nitrogen and oxygen atoms in total. The summed E-state index contributed by atoms with van der Waals surface area (Å²) in [6, 6.07) is 0.